The first-order valence-corrected chi connectivity index (χ1v) is 13.6. The molecule has 0 spiro atoms. The number of Topliss-reactive ketones (excluding diaryl/α,β-unsaturated/α-hetero) is 1. The van der Waals surface area contributed by atoms with Gasteiger partial charge in [0.1, 0.15) is 23.1 Å². The van der Waals surface area contributed by atoms with E-state index in [1.807, 2.05) is 53.4 Å². The van der Waals surface area contributed by atoms with Crippen LogP contribution in [0.5, 0.6) is 11.5 Å². The van der Waals surface area contributed by atoms with Gasteiger partial charge >= 0.3 is 0 Å². The monoisotopic (exact) mass is 586 g/mol. The Morgan fingerprint density at radius 2 is 1.72 bits per heavy atom. The zero-order valence-electron chi connectivity index (χ0n) is 22.4. The number of hydrogen-bond donors (Lipinski definition) is 2. The number of hydrogen-bond acceptors (Lipinski definition) is 5. The molecule has 3 aromatic carbocycles. The first kappa shape index (κ1) is 26.8. The Hall–Kier alpha value is -3.84. The number of ether oxygens (including phenoxy) is 2. The van der Waals surface area contributed by atoms with Gasteiger partial charge in [-0.3, -0.25) is 15.1 Å². The van der Waals surface area contributed by atoms with Gasteiger partial charge in [0.2, 0.25) is 0 Å². The number of benzene rings is 3. The molecule has 39 heavy (non-hydrogen) atoms. The molecule has 0 saturated carbocycles. The average molecular weight is 588 g/mol. The van der Waals surface area contributed by atoms with E-state index in [0.29, 0.717) is 41.1 Å². The third-order valence-corrected chi connectivity index (χ3v) is 7.85. The molecule has 0 fully saturated rings. The van der Waals surface area contributed by atoms with E-state index in [2.05, 4.69) is 29.8 Å². The van der Waals surface area contributed by atoms with E-state index in [4.69, 9.17) is 9.47 Å². The largest absolute Gasteiger partial charge is 0.507 e. The highest BCUT2D eigenvalue weighted by Crippen LogP contribution is 2.52. The molecule has 5 rings (SSSR count). The summed E-state index contributed by atoms with van der Waals surface area (Å²) in [4.78, 5) is 15.9. The molecule has 1 unspecified atom stereocenters. The Balaban J connectivity index is 1.87. The van der Waals surface area contributed by atoms with Crippen LogP contribution in [0.25, 0.3) is 5.76 Å². The van der Waals surface area contributed by atoms with Crippen LogP contribution in [0, 0.1) is 10.8 Å². The maximum absolute atomic E-state index is 14.0. The third-order valence-electron chi connectivity index (χ3n) is 7.36. The van der Waals surface area contributed by atoms with Gasteiger partial charge in [0.25, 0.3) is 0 Å². The van der Waals surface area contributed by atoms with E-state index in [1.165, 1.54) is 0 Å². The van der Waals surface area contributed by atoms with Gasteiger partial charge in [0.15, 0.2) is 5.78 Å². The number of para-hydroxylation sites is 1. The number of anilines is 1. The van der Waals surface area contributed by atoms with Crippen molar-refractivity contribution in [1.82, 2.24) is 0 Å². The summed E-state index contributed by atoms with van der Waals surface area (Å²) in [6, 6.07) is 22.2. The van der Waals surface area contributed by atoms with Crippen molar-refractivity contribution in [2.75, 3.05) is 19.1 Å². The Morgan fingerprint density at radius 1 is 1.00 bits per heavy atom. The first-order valence-electron chi connectivity index (χ1n) is 12.8. The van der Waals surface area contributed by atoms with Crippen LogP contribution in [-0.2, 0) is 4.79 Å². The number of nitrogens with zero attached hydrogens (tertiary/aromatic N) is 1. The zero-order valence-corrected chi connectivity index (χ0v) is 24.0. The molecule has 1 atom stereocenters. The van der Waals surface area contributed by atoms with Crippen molar-refractivity contribution in [3.05, 3.63) is 105 Å². The summed E-state index contributed by atoms with van der Waals surface area (Å²) in [5.41, 5.74) is 3.42. The van der Waals surface area contributed by atoms with Crippen molar-refractivity contribution < 1.29 is 19.4 Å². The van der Waals surface area contributed by atoms with E-state index < -0.39 is 5.92 Å². The minimum Gasteiger partial charge on any atom is -0.507 e. The Kier molecular flexibility index (Phi) is 7.12. The van der Waals surface area contributed by atoms with E-state index >= 15 is 0 Å². The van der Waals surface area contributed by atoms with Crippen LogP contribution in [0.4, 0.5) is 5.69 Å². The summed E-state index contributed by atoms with van der Waals surface area (Å²) in [5.74, 6) is 0.615. The maximum Gasteiger partial charge on any atom is 0.162 e. The SMILES string of the molecule is COc1ccc(/C(O)=C2\C(=N)N(c3cccc(Br)c3)C3=C(C(=O)CC(C)(C)C3)C2c2ccccc2OC)cc1. The number of ketones is 1. The van der Waals surface area contributed by atoms with Gasteiger partial charge in [-0.15, -0.1) is 0 Å². The summed E-state index contributed by atoms with van der Waals surface area (Å²) in [6.45, 7) is 4.16. The second-order valence-electron chi connectivity index (χ2n) is 10.6. The van der Waals surface area contributed by atoms with Gasteiger partial charge in [-0.1, -0.05) is 54.0 Å². The molecule has 0 amide bonds. The fourth-order valence-electron chi connectivity index (χ4n) is 5.63. The van der Waals surface area contributed by atoms with E-state index in [9.17, 15) is 15.3 Å². The lowest BCUT2D eigenvalue weighted by atomic mass is 9.67. The van der Waals surface area contributed by atoms with Gasteiger partial charge in [0, 0.05) is 44.6 Å². The molecule has 0 bridgehead atoms. The normalized spacial score (nSPS) is 20.0. The number of carbonyl (C=O) groups is 1. The van der Waals surface area contributed by atoms with Gasteiger partial charge in [0.05, 0.1) is 20.1 Å². The highest BCUT2D eigenvalue weighted by atomic mass is 79.9. The van der Waals surface area contributed by atoms with Crippen molar-refractivity contribution in [2.45, 2.75) is 32.6 Å². The molecular weight excluding hydrogens is 556 g/mol. The van der Waals surface area contributed by atoms with Crippen LogP contribution in [0.15, 0.2) is 94.1 Å². The van der Waals surface area contributed by atoms with Gasteiger partial charge in [-0.05, 0) is 60.4 Å². The summed E-state index contributed by atoms with van der Waals surface area (Å²) >= 11 is 3.56. The first-order chi connectivity index (χ1) is 18.6. The maximum atomic E-state index is 14.0. The molecule has 200 valence electrons. The third kappa shape index (κ3) is 4.87. The second kappa shape index (κ2) is 10.4. The molecule has 0 saturated heterocycles. The molecule has 0 aromatic heterocycles. The van der Waals surface area contributed by atoms with Crippen LogP contribution in [-0.4, -0.2) is 30.9 Å². The number of nitrogens with one attached hydrogen (secondary N) is 1. The highest BCUT2D eigenvalue weighted by Gasteiger charge is 2.47. The molecule has 1 aliphatic carbocycles. The lowest BCUT2D eigenvalue weighted by molar-refractivity contribution is -0.118. The molecule has 3 aromatic rings. The minimum absolute atomic E-state index is 0.00434. The summed E-state index contributed by atoms with van der Waals surface area (Å²) in [7, 11) is 3.18. The number of carbonyl (C=O) groups excluding carboxylic acids is 1. The zero-order chi connectivity index (χ0) is 27.9. The Morgan fingerprint density at radius 3 is 2.38 bits per heavy atom. The van der Waals surface area contributed by atoms with Crippen LogP contribution in [0.3, 0.4) is 0 Å². The van der Waals surface area contributed by atoms with Crippen LogP contribution in [0.1, 0.15) is 43.7 Å². The lowest BCUT2D eigenvalue weighted by Crippen LogP contribution is -2.45. The van der Waals surface area contributed by atoms with Crippen molar-refractivity contribution in [3.63, 3.8) is 0 Å². The number of aliphatic hydroxyl groups is 1. The van der Waals surface area contributed by atoms with Gasteiger partial charge in [-0.2, -0.15) is 0 Å². The molecule has 1 aliphatic heterocycles. The number of aliphatic hydroxyl groups excluding tert-OH is 1. The number of methoxy groups -OCH3 is 2. The standard InChI is InChI=1S/C32H31BrN2O4/c1-32(2)17-24-28(25(36)18-32)27(23-10-5-6-11-26(23)39-4)29(30(37)19-12-14-22(38-3)15-13-19)31(34)35(24)21-9-7-8-20(33)16-21/h5-16,27,34,37H,17-18H2,1-4H3/b30-29+,34-31?. The number of rotatable bonds is 5. The fourth-order valence-corrected chi connectivity index (χ4v) is 6.02. The number of halogens is 1. The molecular formula is C32H31BrN2O4. The quantitative estimate of drug-likeness (QED) is 0.300. The Bertz CT molecular complexity index is 1520. The van der Waals surface area contributed by atoms with E-state index in [0.717, 1.165) is 21.4 Å². The molecule has 0 radical (unpaired) electrons. The number of amidine groups is 1. The minimum atomic E-state index is -0.683. The predicted molar refractivity (Wildman–Crippen MR) is 158 cm³/mol. The summed E-state index contributed by atoms with van der Waals surface area (Å²) in [5, 5.41) is 21.4. The van der Waals surface area contributed by atoms with Crippen molar-refractivity contribution in [3.8, 4) is 11.5 Å². The van der Waals surface area contributed by atoms with Crippen LogP contribution in [0.2, 0.25) is 0 Å². The van der Waals surface area contributed by atoms with Crippen LogP contribution < -0.4 is 14.4 Å². The average Bonchev–Trinajstić information content (AvgIpc) is 2.91. The van der Waals surface area contributed by atoms with Gasteiger partial charge < -0.3 is 14.6 Å². The summed E-state index contributed by atoms with van der Waals surface area (Å²) < 4.78 is 11.9. The smallest absolute Gasteiger partial charge is 0.162 e. The lowest BCUT2D eigenvalue weighted by Gasteiger charge is -2.45. The van der Waals surface area contributed by atoms with E-state index in [1.54, 1.807) is 38.5 Å². The van der Waals surface area contributed by atoms with Crippen molar-refractivity contribution in [2.24, 2.45) is 5.41 Å². The molecule has 2 N–H and O–H groups in total. The fraction of sp³-hybridized carbons (Fsp3) is 0.250. The second-order valence-corrected chi connectivity index (χ2v) is 11.5. The topological polar surface area (TPSA) is 82.9 Å². The van der Waals surface area contributed by atoms with Crippen molar-refractivity contribution in [1.29, 1.82) is 5.41 Å². The molecule has 6 nitrogen and oxygen atoms in total. The van der Waals surface area contributed by atoms with Crippen molar-refractivity contribution >= 4 is 39.0 Å². The number of allylic oxidation sites excluding steroid dienone is 2. The van der Waals surface area contributed by atoms with Gasteiger partial charge in [-0.25, -0.2) is 0 Å². The summed E-state index contributed by atoms with van der Waals surface area (Å²) in [6.07, 6.45) is 0.971. The molecule has 2 aliphatic rings. The van der Waals surface area contributed by atoms with Crippen LogP contribution >= 0.6 is 15.9 Å². The van der Waals surface area contributed by atoms with E-state index in [-0.39, 0.29) is 22.8 Å². The molecule has 1 heterocycles. The predicted octanol–water partition coefficient (Wildman–Crippen LogP) is 7.66. The Labute approximate surface area is 237 Å². The molecule has 7 heteroatoms. The highest BCUT2D eigenvalue weighted by molar-refractivity contribution is 9.10.